The van der Waals surface area contributed by atoms with E-state index in [1.807, 2.05) is 0 Å². The second-order valence-electron chi connectivity index (χ2n) is 3.33. The number of nitrogens with zero attached hydrogens (tertiary/aromatic N) is 4. The third kappa shape index (κ3) is 4.02. The van der Waals surface area contributed by atoms with E-state index in [9.17, 15) is 9.59 Å². The number of carboxylic acids is 1. The van der Waals surface area contributed by atoms with Gasteiger partial charge in [0.25, 0.3) is 5.24 Å². The van der Waals surface area contributed by atoms with Crippen molar-refractivity contribution in [2.45, 2.75) is 0 Å². The highest BCUT2D eigenvalue weighted by Gasteiger charge is 2.03. The van der Waals surface area contributed by atoms with Gasteiger partial charge in [0.2, 0.25) is 0 Å². The summed E-state index contributed by atoms with van der Waals surface area (Å²) in [5.41, 5.74) is 0.372. The minimum atomic E-state index is -0.990. The predicted molar refractivity (Wildman–Crippen MR) is 63.6 cm³/mol. The van der Waals surface area contributed by atoms with Gasteiger partial charge in [-0.3, -0.25) is 14.2 Å². The molecule has 0 atom stereocenters. The van der Waals surface area contributed by atoms with E-state index >= 15 is 0 Å². The number of carbonyl (C=O) groups excluding carboxylic acids is 1. The minimum Gasteiger partial charge on any atom is -0.476 e. The van der Waals surface area contributed by atoms with Crippen LogP contribution in [0.3, 0.4) is 0 Å². The zero-order valence-electron chi connectivity index (χ0n) is 9.74. The van der Waals surface area contributed by atoms with E-state index in [-0.39, 0.29) is 5.69 Å². The Morgan fingerprint density at radius 1 is 1.11 bits per heavy atom. The first-order valence-corrected chi connectivity index (χ1v) is 5.20. The molecule has 2 rings (SSSR count). The molecule has 0 aliphatic carbocycles. The highest BCUT2D eigenvalue weighted by Crippen LogP contribution is 1.97. The number of aromatic carboxylic acids is 1. The van der Waals surface area contributed by atoms with Crippen LogP contribution in [-0.4, -0.2) is 35.9 Å². The van der Waals surface area contributed by atoms with Gasteiger partial charge in [-0.25, -0.2) is 4.79 Å². The number of aromatic nitrogens is 4. The van der Waals surface area contributed by atoms with Crippen molar-refractivity contribution in [1.29, 1.82) is 0 Å². The molecular weight excluding hydrogens is 260 g/mol. The summed E-state index contributed by atoms with van der Waals surface area (Å²) in [6, 6.07) is 3.01. The van der Waals surface area contributed by atoms with E-state index in [2.05, 4.69) is 10.2 Å². The molecule has 8 heteroatoms. The quantitative estimate of drug-likeness (QED) is 0.820. The van der Waals surface area contributed by atoms with E-state index in [0.717, 1.165) is 0 Å². The van der Waals surface area contributed by atoms with Crippen LogP contribution in [0.25, 0.3) is 0 Å². The number of rotatable bonds is 2. The summed E-state index contributed by atoms with van der Waals surface area (Å²) in [4.78, 5) is 20.5. The van der Waals surface area contributed by atoms with Crippen LogP contribution in [0, 0.1) is 0 Å². The molecule has 2 aromatic rings. The highest BCUT2D eigenvalue weighted by atomic mass is 35.5. The van der Waals surface area contributed by atoms with Crippen molar-refractivity contribution in [2.75, 3.05) is 0 Å². The van der Waals surface area contributed by atoms with Crippen molar-refractivity contribution in [3.8, 4) is 0 Å². The fourth-order valence-electron chi connectivity index (χ4n) is 1.05. The van der Waals surface area contributed by atoms with Crippen molar-refractivity contribution in [2.24, 2.45) is 14.1 Å². The molecule has 7 nitrogen and oxygen atoms in total. The van der Waals surface area contributed by atoms with Gasteiger partial charge >= 0.3 is 5.97 Å². The first kappa shape index (κ1) is 13.9. The van der Waals surface area contributed by atoms with Crippen molar-refractivity contribution in [3.63, 3.8) is 0 Å². The number of hydrogen-bond donors (Lipinski definition) is 1. The van der Waals surface area contributed by atoms with Crippen molar-refractivity contribution in [3.05, 3.63) is 35.9 Å². The third-order valence-electron chi connectivity index (χ3n) is 1.85. The molecule has 96 valence electrons. The monoisotopic (exact) mass is 270 g/mol. The van der Waals surface area contributed by atoms with Crippen LogP contribution in [-0.2, 0) is 14.1 Å². The fraction of sp³-hybridized carbons (Fsp3) is 0.200. The van der Waals surface area contributed by atoms with E-state index < -0.39 is 11.2 Å². The summed E-state index contributed by atoms with van der Waals surface area (Å²) in [5.74, 6) is -0.990. The molecular formula is C10H11ClN4O3. The topological polar surface area (TPSA) is 90.0 Å². The summed E-state index contributed by atoms with van der Waals surface area (Å²) in [6.07, 6.45) is 3.25. The number of halogens is 1. The molecule has 0 saturated heterocycles. The van der Waals surface area contributed by atoms with Gasteiger partial charge in [-0.2, -0.15) is 10.2 Å². The molecule has 0 bridgehead atoms. The van der Waals surface area contributed by atoms with Gasteiger partial charge < -0.3 is 5.11 Å². The molecule has 0 aliphatic heterocycles. The van der Waals surface area contributed by atoms with Crippen LogP contribution in [0.1, 0.15) is 21.0 Å². The normalized spacial score (nSPS) is 9.50. The van der Waals surface area contributed by atoms with E-state index in [0.29, 0.717) is 5.69 Å². The standard InChI is InChI=1S/C5H5ClN2O.C5H6N2O2/c1-8-3-2-4(7-8)5(6)9;1-7-3-2-4(6-7)5(8)9/h2-3H,1H3;2-3H,1H3,(H,8,9). The van der Waals surface area contributed by atoms with Gasteiger partial charge in [-0.15, -0.1) is 0 Å². The Hall–Kier alpha value is -2.15. The van der Waals surface area contributed by atoms with Crippen LogP contribution >= 0.6 is 11.6 Å². The van der Waals surface area contributed by atoms with Gasteiger partial charge in [-0.05, 0) is 23.7 Å². The maximum atomic E-state index is 10.3. The first-order chi connectivity index (χ1) is 8.40. The van der Waals surface area contributed by atoms with Gasteiger partial charge in [-0.1, -0.05) is 0 Å². The maximum absolute atomic E-state index is 10.3. The van der Waals surface area contributed by atoms with Crippen LogP contribution in [0.4, 0.5) is 0 Å². The summed E-state index contributed by atoms with van der Waals surface area (Å²) >= 11 is 5.10. The molecule has 0 unspecified atom stereocenters. The lowest BCUT2D eigenvalue weighted by molar-refractivity contribution is 0.0689. The predicted octanol–water partition coefficient (Wildman–Crippen LogP) is 0.917. The van der Waals surface area contributed by atoms with Crippen LogP contribution in [0.5, 0.6) is 0 Å². The number of carbonyl (C=O) groups is 2. The van der Waals surface area contributed by atoms with Crippen LogP contribution in [0.2, 0.25) is 0 Å². The number of aryl methyl sites for hydroxylation is 2. The zero-order valence-corrected chi connectivity index (χ0v) is 10.5. The second-order valence-corrected chi connectivity index (χ2v) is 3.67. The largest absolute Gasteiger partial charge is 0.476 e. The molecule has 0 spiro atoms. The molecule has 1 N–H and O–H groups in total. The maximum Gasteiger partial charge on any atom is 0.356 e. The van der Waals surface area contributed by atoms with E-state index in [1.165, 1.54) is 15.4 Å². The molecule has 0 radical (unpaired) electrons. The Morgan fingerprint density at radius 2 is 1.56 bits per heavy atom. The zero-order chi connectivity index (χ0) is 13.7. The molecule has 18 heavy (non-hydrogen) atoms. The molecule has 0 aromatic carbocycles. The summed E-state index contributed by atoms with van der Waals surface area (Å²) in [7, 11) is 3.40. The molecule has 2 heterocycles. The van der Waals surface area contributed by atoms with Gasteiger partial charge in [0.15, 0.2) is 5.69 Å². The van der Waals surface area contributed by atoms with Crippen molar-refractivity contribution in [1.82, 2.24) is 19.6 Å². The Labute approximate surface area is 108 Å². The second kappa shape index (κ2) is 5.97. The lowest BCUT2D eigenvalue weighted by Crippen LogP contribution is -1.98. The Bertz CT molecular complexity index is 511. The van der Waals surface area contributed by atoms with Crippen LogP contribution < -0.4 is 0 Å². The number of carboxylic acid groups (broad SMARTS) is 1. The Kier molecular flexibility index (Phi) is 4.61. The summed E-state index contributed by atoms with van der Waals surface area (Å²) < 4.78 is 2.97. The van der Waals surface area contributed by atoms with Crippen molar-refractivity contribution < 1.29 is 14.7 Å². The SMILES string of the molecule is Cn1ccc(C(=O)Cl)n1.Cn1ccc(C(=O)O)n1. The van der Waals surface area contributed by atoms with Gasteiger partial charge in [0, 0.05) is 26.5 Å². The summed E-state index contributed by atoms with van der Waals surface area (Å²) in [5, 5.41) is 15.2. The summed E-state index contributed by atoms with van der Waals surface area (Å²) in [6.45, 7) is 0. The van der Waals surface area contributed by atoms with E-state index in [1.54, 1.807) is 32.6 Å². The fourth-order valence-corrected chi connectivity index (χ4v) is 1.15. The minimum absolute atomic E-state index is 0.0810. The molecule has 0 amide bonds. The lowest BCUT2D eigenvalue weighted by Gasteiger charge is -1.83. The van der Waals surface area contributed by atoms with Gasteiger partial charge in [0.1, 0.15) is 5.69 Å². The lowest BCUT2D eigenvalue weighted by atomic mass is 10.5. The Morgan fingerprint density at radius 3 is 1.72 bits per heavy atom. The van der Waals surface area contributed by atoms with Gasteiger partial charge in [0.05, 0.1) is 0 Å². The third-order valence-corrected chi connectivity index (χ3v) is 2.04. The van der Waals surface area contributed by atoms with Crippen LogP contribution in [0.15, 0.2) is 24.5 Å². The number of hydrogen-bond acceptors (Lipinski definition) is 4. The smallest absolute Gasteiger partial charge is 0.356 e. The average molecular weight is 271 g/mol. The van der Waals surface area contributed by atoms with E-state index in [4.69, 9.17) is 16.7 Å². The highest BCUT2D eigenvalue weighted by molar-refractivity contribution is 6.67. The molecule has 2 aromatic heterocycles. The Balaban J connectivity index is 0.000000180. The molecule has 0 fully saturated rings. The average Bonchev–Trinajstić information content (AvgIpc) is 2.88. The first-order valence-electron chi connectivity index (χ1n) is 4.82. The van der Waals surface area contributed by atoms with Crippen molar-refractivity contribution >= 4 is 22.8 Å². The molecule has 0 aliphatic rings. The molecule has 0 saturated carbocycles.